The van der Waals surface area contributed by atoms with Crippen LogP contribution in [0.3, 0.4) is 0 Å². The lowest BCUT2D eigenvalue weighted by atomic mass is 9.93. The molecule has 1 saturated carbocycles. The zero-order chi connectivity index (χ0) is 18.7. The smallest absolute Gasteiger partial charge is 0.395 e. The van der Waals surface area contributed by atoms with Gasteiger partial charge in [-0.05, 0) is 49.5 Å². The van der Waals surface area contributed by atoms with Crippen molar-refractivity contribution in [2.75, 3.05) is 0 Å². The third-order valence-corrected chi connectivity index (χ3v) is 5.44. The Morgan fingerprint density at radius 2 is 2.00 bits per heavy atom. The van der Waals surface area contributed by atoms with E-state index in [0.717, 1.165) is 12.0 Å². The van der Waals surface area contributed by atoms with Crippen LogP contribution < -0.4 is 14.8 Å². The number of ether oxygens (including phenoxy) is 2. The zero-order valence-electron chi connectivity index (χ0n) is 14.2. The lowest BCUT2D eigenvalue weighted by molar-refractivity contribution is -0.286. The molecule has 1 aliphatic carbocycles. The summed E-state index contributed by atoms with van der Waals surface area (Å²) in [5, 5.41) is 3.27. The maximum Gasteiger partial charge on any atom is 0.586 e. The van der Waals surface area contributed by atoms with Crippen molar-refractivity contribution < 1.29 is 23.0 Å². The van der Waals surface area contributed by atoms with Crippen LogP contribution in [0.2, 0.25) is 0 Å². The molecule has 0 aromatic heterocycles. The molecule has 3 aliphatic rings. The van der Waals surface area contributed by atoms with Crippen molar-refractivity contribution in [1.82, 2.24) is 5.32 Å². The Kier molecular flexibility index (Phi) is 3.77. The second-order valence-electron chi connectivity index (χ2n) is 7.04. The van der Waals surface area contributed by atoms with Gasteiger partial charge in [0.15, 0.2) is 11.5 Å². The number of nitrogens with zero attached hydrogens (tertiary/aromatic N) is 1. The van der Waals surface area contributed by atoms with Gasteiger partial charge in [0.2, 0.25) is 5.91 Å². The molecule has 1 aromatic rings. The molecule has 1 N–H and O–H groups in total. The third-order valence-electron chi connectivity index (χ3n) is 5.03. The van der Waals surface area contributed by atoms with E-state index in [2.05, 4.69) is 19.8 Å². The molecule has 0 spiro atoms. The average molecular weight is 383 g/mol. The van der Waals surface area contributed by atoms with Gasteiger partial charge >= 0.3 is 6.29 Å². The van der Waals surface area contributed by atoms with E-state index in [9.17, 15) is 13.6 Å². The SMILES string of the molecule is CC1=C(Cl)N=C(NC(=O)C2(c3ccc4c(c3)OC(F)(F)O4)CC2)C(C)C1. The van der Waals surface area contributed by atoms with Gasteiger partial charge in [0, 0.05) is 5.92 Å². The predicted molar refractivity (Wildman–Crippen MR) is 91.5 cm³/mol. The van der Waals surface area contributed by atoms with E-state index < -0.39 is 11.7 Å². The van der Waals surface area contributed by atoms with Gasteiger partial charge in [-0.3, -0.25) is 4.79 Å². The highest BCUT2D eigenvalue weighted by Crippen LogP contribution is 2.52. The number of halogens is 3. The Labute approximate surface area is 154 Å². The normalized spacial score (nSPS) is 25.0. The molecule has 1 unspecified atom stereocenters. The van der Waals surface area contributed by atoms with E-state index in [-0.39, 0.29) is 23.3 Å². The molecule has 4 rings (SSSR count). The van der Waals surface area contributed by atoms with Crippen LogP contribution in [0.5, 0.6) is 11.5 Å². The van der Waals surface area contributed by atoms with Crippen molar-refractivity contribution in [3.05, 3.63) is 34.5 Å². The summed E-state index contributed by atoms with van der Waals surface area (Å²) < 4.78 is 35.3. The number of alkyl halides is 2. The quantitative estimate of drug-likeness (QED) is 0.784. The Morgan fingerprint density at radius 1 is 1.31 bits per heavy atom. The molecule has 2 aliphatic heterocycles. The van der Waals surface area contributed by atoms with Gasteiger partial charge in [-0.25, -0.2) is 4.99 Å². The fraction of sp³-hybridized carbons (Fsp3) is 0.444. The van der Waals surface area contributed by atoms with E-state index in [4.69, 9.17) is 11.6 Å². The summed E-state index contributed by atoms with van der Waals surface area (Å²) in [5.41, 5.74) is 0.841. The molecule has 0 saturated heterocycles. The van der Waals surface area contributed by atoms with Gasteiger partial charge in [-0.15, -0.1) is 8.78 Å². The number of benzene rings is 1. The highest BCUT2D eigenvalue weighted by molar-refractivity contribution is 6.30. The minimum atomic E-state index is -3.67. The summed E-state index contributed by atoms with van der Waals surface area (Å²) in [6.45, 7) is 3.87. The molecule has 138 valence electrons. The highest BCUT2D eigenvalue weighted by atomic mass is 35.5. The van der Waals surface area contributed by atoms with Crippen LogP contribution in [0.1, 0.15) is 38.7 Å². The van der Waals surface area contributed by atoms with Crippen molar-refractivity contribution in [3.63, 3.8) is 0 Å². The number of hydrogen-bond acceptors (Lipinski definition) is 4. The van der Waals surface area contributed by atoms with Gasteiger partial charge in [0.25, 0.3) is 0 Å². The summed E-state index contributed by atoms with van der Waals surface area (Å²) in [4.78, 5) is 17.2. The summed E-state index contributed by atoms with van der Waals surface area (Å²) >= 11 is 6.09. The predicted octanol–water partition coefficient (Wildman–Crippen LogP) is 4.06. The molecule has 2 heterocycles. The van der Waals surface area contributed by atoms with Gasteiger partial charge in [-0.2, -0.15) is 0 Å². The van der Waals surface area contributed by atoms with E-state index in [0.29, 0.717) is 29.4 Å². The third kappa shape index (κ3) is 2.84. The monoisotopic (exact) mass is 382 g/mol. The second-order valence-corrected chi connectivity index (χ2v) is 7.40. The van der Waals surface area contributed by atoms with Crippen LogP contribution in [0, 0.1) is 5.92 Å². The van der Waals surface area contributed by atoms with E-state index in [1.54, 1.807) is 6.07 Å². The van der Waals surface area contributed by atoms with Gasteiger partial charge in [0.1, 0.15) is 11.0 Å². The molecule has 1 amide bonds. The van der Waals surface area contributed by atoms with Crippen LogP contribution in [0.4, 0.5) is 8.78 Å². The largest absolute Gasteiger partial charge is 0.586 e. The number of fused-ring (bicyclic) bond motifs is 1. The topological polar surface area (TPSA) is 59.9 Å². The Morgan fingerprint density at radius 3 is 2.69 bits per heavy atom. The fourth-order valence-corrected chi connectivity index (χ4v) is 3.53. The molecule has 26 heavy (non-hydrogen) atoms. The number of amides is 1. The van der Waals surface area contributed by atoms with Crippen LogP contribution in [0.15, 0.2) is 33.9 Å². The lowest BCUT2D eigenvalue weighted by Gasteiger charge is -2.23. The minimum Gasteiger partial charge on any atom is -0.395 e. The standard InChI is InChI=1S/C18H17ClF2N2O3/c1-9-7-10(2)15(22-14(9)19)23-16(24)17(5-6-17)11-3-4-12-13(8-11)26-18(20,21)25-12/h3-4,8,10H,5-7H2,1-2H3,(H,22,23,24). The molecule has 1 atom stereocenters. The number of nitrogens with one attached hydrogen (secondary N) is 1. The lowest BCUT2D eigenvalue weighted by Crippen LogP contribution is -2.42. The number of hydrogen-bond donors (Lipinski definition) is 1. The first-order chi connectivity index (χ1) is 12.2. The minimum absolute atomic E-state index is 0.0346. The van der Waals surface area contributed by atoms with Gasteiger partial charge in [0.05, 0.1) is 5.41 Å². The van der Waals surface area contributed by atoms with Crippen LogP contribution in [-0.4, -0.2) is 18.0 Å². The molecule has 1 fully saturated rings. The molecule has 0 bridgehead atoms. The first-order valence-corrected chi connectivity index (χ1v) is 8.74. The van der Waals surface area contributed by atoms with Crippen LogP contribution >= 0.6 is 11.6 Å². The Hall–Kier alpha value is -2.15. The van der Waals surface area contributed by atoms with Crippen molar-refractivity contribution in [3.8, 4) is 11.5 Å². The van der Waals surface area contributed by atoms with Crippen LogP contribution in [-0.2, 0) is 10.2 Å². The van der Waals surface area contributed by atoms with Gasteiger partial charge < -0.3 is 14.8 Å². The Balaban J connectivity index is 1.57. The van der Waals surface area contributed by atoms with Crippen LogP contribution in [0.25, 0.3) is 0 Å². The van der Waals surface area contributed by atoms with E-state index >= 15 is 0 Å². The number of amidine groups is 1. The number of aliphatic imine (C=N–C) groups is 1. The van der Waals surface area contributed by atoms with Crippen molar-refractivity contribution in [2.45, 2.75) is 44.8 Å². The maximum absolute atomic E-state index is 13.2. The first kappa shape index (κ1) is 17.3. The molecular weight excluding hydrogens is 366 g/mol. The molecular formula is C18H17ClF2N2O3. The fourth-order valence-electron chi connectivity index (χ4n) is 3.36. The molecule has 1 aromatic carbocycles. The second kappa shape index (κ2) is 5.67. The van der Waals surface area contributed by atoms with Crippen molar-refractivity contribution >= 4 is 23.3 Å². The summed E-state index contributed by atoms with van der Waals surface area (Å²) in [6.07, 6.45) is -1.70. The van der Waals surface area contributed by atoms with E-state index in [1.165, 1.54) is 12.1 Å². The molecule has 8 heteroatoms. The number of allylic oxidation sites excluding steroid dienone is 1. The van der Waals surface area contributed by atoms with Gasteiger partial charge in [-0.1, -0.05) is 24.6 Å². The summed E-state index contributed by atoms with van der Waals surface area (Å²) in [7, 11) is 0. The van der Waals surface area contributed by atoms with Crippen molar-refractivity contribution in [1.29, 1.82) is 0 Å². The zero-order valence-corrected chi connectivity index (χ0v) is 15.0. The molecule has 5 nitrogen and oxygen atoms in total. The van der Waals surface area contributed by atoms with Crippen molar-refractivity contribution in [2.24, 2.45) is 10.9 Å². The highest BCUT2D eigenvalue weighted by Gasteiger charge is 2.53. The number of rotatable bonds is 2. The number of carbonyl (C=O) groups excluding carboxylic acids is 1. The Bertz CT molecular complexity index is 862. The van der Waals surface area contributed by atoms with E-state index in [1.807, 2.05) is 13.8 Å². The average Bonchev–Trinajstić information content (AvgIpc) is 3.30. The summed E-state index contributed by atoms with van der Waals surface area (Å²) in [6, 6.07) is 4.48. The maximum atomic E-state index is 13.2. The summed E-state index contributed by atoms with van der Waals surface area (Å²) in [5.74, 6) is 0.277. The first-order valence-electron chi connectivity index (χ1n) is 8.36. The molecule has 0 radical (unpaired) electrons. The number of carbonyl (C=O) groups is 1.